The third-order valence-electron chi connectivity index (χ3n) is 4.99. The molecule has 2 aliphatic rings. The molecule has 0 saturated carbocycles. The fourth-order valence-electron chi connectivity index (χ4n) is 3.51. The molecule has 0 spiro atoms. The Morgan fingerprint density at radius 2 is 1.71 bits per heavy atom. The maximum atomic E-state index is 11.9. The van der Waals surface area contributed by atoms with E-state index in [9.17, 15) is 4.79 Å². The number of nitrogens with zero attached hydrogens (tertiary/aromatic N) is 3. The van der Waals surface area contributed by atoms with Gasteiger partial charge in [0.1, 0.15) is 0 Å². The van der Waals surface area contributed by atoms with Crippen molar-refractivity contribution in [1.29, 1.82) is 0 Å². The van der Waals surface area contributed by atoms with Crippen molar-refractivity contribution in [2.24, 2.45) is 10.7 Å². The molecule has 24 heavy (non-hydrogen) atoms. The average Bonchev–Trinajstić information content (AvgIpc) is 2.85. The highest BCUT2D eigenvalue weighted by Crippen LogP contribution is 2.18. The topological polar surface area (TPSA) is 61.9 Å². The van der Waals surface area contributed by atoms with Gasteiger partial charge in [-0.15, -0.1) is 0 Å². The van der Waals surface area contributed by atoms with Crippen LogP contribution in [0.2, 0.25) is 0 Å². The Labute approximate surface area is 144 Å². The minimum atomic E-state index is 0.261. The Hall–Kier alpha value is -2.04. The molecule has 0 radical (unpaired) electrons. The summed E-state index contributed by atoms with van der Waals surface area (Å²) in [6.07, 6.45) is 6.63. The Morgan fingerprint density at radius 3 is 2.38 bits per heavy atom. The van der Waals surface area contributed by atoms with E-state index in [-0.39, 0.29) is 5.91 Å². The minimum Gasteiger partial charge on any atom is -0.370 e. The predicted octanol–water partition coefficient (Wildman–Crippen LogP) is 2.50. The second-order valence-electron chi connectivity index (χ2n) is 6.76. The van der Waals surface area contributed by atoms with Crippen LogP contribution >= 0.6 is 0 Å². The van der Waals surface area contributed by atoms with Gasteiger partial charge in [0.25, 0.3) is 0 Å². The number of carbonyl (C=O) groups is 1. The van der Waals surface area contributed by atoms with Gasteiger partial charge in [0, 0.05) is 32.6 Å². The predicted molar refractivity (Wildman–Crippen MR) is 96.5 cm³/mol. The Morgan fingerprint density at radius 1 is 1.00 bits per heavy atom. The van der Waals surface area contributed by atoms with Gasteiger partial charge in [-0.25, -0.2) is 4.99 Å². The van der Waals surface area contributed by atoms with Gasteiger partial charge in [0.15, 0.2) is 5.96 Å². The van der Waals surface area contributed by atoms with Gasteiger partial charge in [-0.3, -0.25) is 4.79 Å². The van der Waals surface area contributed by atoms with Crippen LogP contribution in [0, 0.1) is 0 Å². The molecule has 0 unspecified atom stereocenters. The normalized spacial score (nSPS) is 19.7. The van der Waals surface area contributed by atoms with E-state index >= 15 is 0 Å². The van der Waals surface area contributed by atoms with Crippen LogP contribution in [0.5, 0.6) is 0 Å². The SMILES string of the molecule is NC(=NCc1ccccc1CN1CCCC1=O)N1CCCCCC1. The van der Waals surface area contributed by atoms with Gasteiger partial charge >= 0.3 is 0 Å². The number of rotatable bonds is 4. The molecular formula is C19H28N4O. The lowest BCUT2D eigenvalue weighted by Gasteiger charge is -2.21. The second-order valence-corrected chi connectivity index (χ2v) is 6.76. The fourth-order valence-corrected chi connectivity index (χ4v) is 3.51. The summed E-state index contributed by atoms with van der Waals surface area (Å²) in [4.78, 5) is 20.7. The van der Waals surface area contributed by atoms with E-state index in [1.165, 1.54) is 31.2 Å². The van der Waals surface area contributed by atoms with Crippen LogP contribution in [0.3, 0.4) is 0 Å². The maximum Gasteiger partial charge on any atom is 0.222 e. The summed E-state index contributed by atoms with van der Waals surface area (Å²) in [6.45, 7) is 4.17. The number of likely N-dealkylation sites (tertiary alicyclic amines) is 2. The second kappa shape index (κ2) is 8.18. The molecule has 2 N–H and O–H groups in total. The largest absolute Gasteiger partial charge is 0.370 e. The lowest BCUT2D eigenvalue weighted by molar-refractivity contribution is -0.128. The van der Waals surface area contributed by atoms with Crippen molar-refractivity contribution >= 4 is 11.9 Å². The Kier molecular flexibility index (Phi) is 5.72. The number of nitrogens with two attached hydrogens (primary N) is 1. The van der Waals surface area contributed by atoms with Crippen molar-refractivity contribution in [3.8, 4) is 0 Å². The number of hydrogen-bond acceptors (Lipinski definition) is 2. The van der Waals surface area contributed by atoms with E-state index in [0.717, 1.165) is 31.6 Å². The third-order valence-corrected chi connectivity index (χ3v) is 4.99. The van der Waals surface area contributed by atoms with Crippen LogP contribution in [0.1, 0.15) is 49.7 Å². The molecule has 5 nitrogen and oxygen atoms in total. The zero-order valence-corrected chi connectivity index (χ0v) is 14.4. The third kappa shape index (κ3) is 4.28. The van der Waals surface area contributed by atoms with Crippen LogP contribution in [-0.4, -0.2) is 41.3 Å². The van der Waals surface area contributed by atoms with Gasteiger partial charge in [0.05, 0.1) is 6.54 Å². The zero-order chi connectivity index (χ0) is 16.8. The number of aliphatic imine (C=N–C) groups is 1. The molecule has 2 fully saturated rings. The van der Waals surface area contributed by atoms with Crippen molar-refractivity contribution in [3.63, 3.8) is 0 Å². The zero-order valence-electron chi connectivity index (χ0n) is 14.4. The van der Waals surface area contributed by atoms with Crippen LogP contribution in [0.25, 0.3) is 0 Å². The van der Waals surface area contributed by atoms with Crippen molar-refractivity contribution in [3.05, 3.63) is 35.4 Å². The monoisotopic (exact) mass is 328 g/mol. The number of carbonyl (C=O) groups excluding carboxylic acids is 1. The van der Waals surface area contributed by atoms with E-state index in [0.29, 0.717) is 25.5 Å². The minimum absolute atomic E-state index is 0.261. The molecule has 1 aromatic rings. The van der Waals surface area contributed by atoms with Gasteiger partial charge in [-0.05, 0) is 30.4 Å². The van der Waals surface area contributed by atoms with Gasteiger partial charge < -0.3 is 15.5 Å². The first-order valence-corrected chi connectivity index (χ1v) is 9.13. The summed E-state index contributed by atoms with van der Waals surface area (Å²) in [5, 5.41) is 0. The Balaban J connectivity index is 1.66. The fraction of sp³-hybridized carbons (Fsp3) is 0.579. The van der Waals surface area contributed by atoms with Gasteiger partial charge in [0.2, 0.25) is 5.91 Å². The summed E-state index contributed by atoms with van der Waals surface area (Å²) in [5.74, 6) is 0.918. The molecule has 0 atom stereocenters. The van der Waals surface area contributed by atoms with Crippen molar-refractivity contribution < 1.29 is 4.79 Å². The van der Waals surface area contributed by atoms with Crippen LogP contribution in [0.15, 0.2) is 29.3 Å². The van der Waals surface area contributed by atoms with Crippen molar-refractivity contribution in [2.75, 3.05) is 19.6 Å². The van der Waals surface area contributed by atoms with E-state index in [4.69, 9.17) is 5.73 Å². The highest BCUT2D eigenvalue weighted by atomic mass is 16.2. The van der Waals surface area contributed by atoms with Gasteiger partial charge in [-0.1, -0.05) is 37.1 Å². The first-order chi connectivity index (χ1) is 11.7. The molecule has 0 aromatic heterocycles. The highest BCUT2D eigenvalue weighted by molar-refractivity contribution is 5.78. The summed E-state index contributed by atoms with van der Waals surface area (Å²) in [5.41, 5.74) is 8.56. The molecule has 2 heterocycles. The lowest BCUT2D eigenvalue weighted by Crippen LogP contribution is -2.38. The number of guanidine groups is 1. The highest BCUT2D eigenvalue weighted by Gasteiger charge is 2.20. The smallest absolute Gasteiger partial charge is 0.222 e. The summed E-state index contributed by atoms with van der Waals surface area (Å²) in [6, 6.07) is 8.25. The number of amides is 1. The molecule has 130 valence electrons. The molecule has 5 heteroatoms. The van der Waals surface area contributed by atoms with Crippen LogP contribution in [-0.2, 0) is 17.9 Å². The molecule has 0 aliphatic carbocycles. The van der Waals surface area contributed by atoms with Crippen LogP contribution < -0.4 is 5.73 Å². The van der Waals surface area contributed by atoms with Crippen molar-refractivity contribution in [1.82, 2.24) is 9.80 Å². The first kappa shape index (κ1) is 16.8. The van der Waals surface area contributed by atoms with Crippen LogP contribution in [0.4, 0.5) is 0 Å². The quantitative estimate of drug-likeness (QED) is 0.682. The molecule has 2 aliphatic heterocycles. The van der Waals surface area contributed by atoms with Crippen molar-refractivity contribution in [2.45, 2.75) is 51.6 Å². The number of hydrogen-bond donors (Lipinski definition) is 1. The van der Waals surface area contributed by atoms with E-state index in [1.54, 1.807) is 0 Å². The lowest BCUT2D eigenvalue weighted by atomic mass is 10.1. The summed E-state index contributed by atoms with van der Waals surface area (Å²) < 4.78 is 0. The molecule has 0 bridgehead atoms. The molecule has 2 saturated heterocycles. The van der Waals surface area contributed by atoms with E-state index in [1.807, 2.05) is 17.0 Å². The summed E-state index contributed by atoms with van der Waals surface area (Å²) >= 11 is 0. The van der Waals surface area contributed by atoms with E-state index in [2.05, 4.69) is 22.0 Å². The van der Waals surface area contributed by atoms with Gasteiger partial charge in [-0.2, -0.15) is 0 Å². The molecular weight excluding hydrogens is 300 g/mol. The Bertz CT molecular complexity index is 591. The standard InChI is InChI=1S/C19H28N4O/c20-19(22-11-5-1-2-6-12-22)21-14-16-8-3-4-9-17(16)15-23-13-7-10-18(23)24/h3-4,8-9H,1-2,5-7,10-15H2,(H2,20,21). The average molecular weight is 328 g/mol. The number of benzene rings is 1. The summed E-state index contributed by atoms with van der Waals surface area (Å²) in [7, 11) is 0. The molecule has 1 aromatic carbocycles. The van der Waals surface area contributed by atoms with E-state index < -0.39 is 0 Å². The molecule has 3 rings (SSSR count). The molecule has 1 amide bonds. The maximum absolute atomic E-state index is 11.9. The first-order valence-electron chi connectivity index (χ1n) is 9.13.